The van der Waals surface area contributed by atoms with Crippen molar-refractivity contribution in [2.45, 2.75) is 45.6 Å². The molecule has 7 heteroatoms. The van der Waals surface area contributed by atoms with Crippen LogP contribution < -0.4 is 0 Å². The minimum atomic E-state index is -0.651. The zero-order valence-corrected chi connectivity index (χ0v) is 14.9. The first-order valence-electron chi connectivity index (χ1n) is 8.13. The van der Waals surface area contributed by atoms with Crippen molar-refractivity contribution < 1.29 is 5.11 Å². The molecule has 0 spiro atoms. The van der Waals surface area contributed by atoms with Gasteiger partial charge in [-0.15, -0.1) is 11.3 Å². The molecule has 126 valence electrons. The van der Waals surface area contributed by atoms with Crippen LogP contribution in [0.25, 0.3) is 0 Å². The molecule has 6 nitrogen and oxygen atoms in total. The first kappa shape index (κ1) is 16.6. The van der Waals surface area contributed by atoms with Crippen LogP contribution in [0.15, 0.2) is 11.6 Å². The fourth-order valence-electron chi connectivity index (χ4n) is 3.08. The minimum Gasteiger partial charge on any atom is -0.372 e. The number of fused-ring (bicyclic) bond motifs is 1. The maximum atomic E-state index is 10.5. The van der Waals surface area contributed by atoms with Gasteiger partial charge < -0.3 is 5.11 Å². The second-order valence-electron chi connectivity index (χ2n) is 6.26. The number of hydrogen-bond acceptors (Lipinski definition) is 6. The summed E-state index contributed by atoms with van der Waals surface area (Å²) in [7, 11) is 3.76. The molecule has 2 aromatic heterocycles. The number of aliphatic hydroxyl groups is 1. The van der Waals surface area contributed by atoms with Gasteiger partial charge in [-0.25, -0.2) is 4.98 Å². The summed E-state index contributed by atoms with van der Waals surface area (Å²) in [6, 6.07) is 0. The highest BCUT2D eigenvalue weighted by Crippen LogP contribution is 2.28. The lowest BCUT2D eigenvalue weighted by Gasteiger charge is -2.28. The van der Waals surface area contributed by atoms with E-state index in [1.54, 1.807) is 16.2 Å². The van der Waals surface area contributed by atoms with E-state index in [1.807, 2.05) is 25.7 Å². The van der Waals surface area contributed by atoms with Crippen LogP contribution in [0, 0.1) is 0 Å². The summed E-state index contributed by atoms with van der Waals surface area (Å²) < 4.78 is 2.10. The fourth-order valence-corrected chi connectivity index (χ4v) is 3.74. The van der Waals surface area contributed by atoms with Crippen LogP contribution in [0.3, 0.4) is 0 Å². The Hall–Kier alpha value is -1.28. The van der Waals surface area contributed by atoms with Crippen molar-refractivity contribution in [1.82, 2.24) is 24.6 Å². The summed E-state index contributed by atoms with van der Waals surface area (Å²) in [6.45, 7) is 5.79. The largest absolute Gasteiger partial charge is 0.372 e. The van der Waals surface area contributed by atoms with Crippen LogP contribution >= 0.6 is 11.3 Å². The number of nitrogens with zero attached hydrogens (tertiary/aromatic N) is 5. The van der Waals surface area contributed by atoms with Gasteiger partial charge >= 0.3 is 0 Å². The Bertz CT molecular complexity index is 637. The SMILES string of the molecule is CCCn1nc(C(O)N(C)C)c2c1CCN(Cc1nccs1)C2. The lowest BCUT2D eigenvalue weighted by molar-refractivity contribution is 0.0337. The van der Waals surface area contributed by atoms with Crippen molar-refractivity contribution in [1.29, 1.82) is 0 Å². The van der Waals surface area contributed by atoms with Crippen molar-refractivity contribution in [2.24, 2.45) is 0 Å². The smallest absolute Gasteiger partial charge is 0.152 e. The summed E-state index contributed by atoms with van der Waals surface area (Å²) in [6.07, 6.45) is 3.24. The second-order valence-corrected chi connectivity index (χ2v) is 7.24. The molecule has 0 radical (unpaired) electrons. The van der Waals surface area contributed by atoms with Crippen LogP contribution in [-0.2, 0) is 26.1 Å². The zero-order chi connectivity index (χ0) is 16.4. The molecule has 0 fully saturated rings. The van der Waals surface area contributed by atoms with Gasteiger partial charge in [0.1, 0.15) is 10.7 Å². The van der Waals surface area contributed by atoms with Crippen molar-refractivity contribution in [3.05, 3.63) is 33.5 Å². The second kappa shape index (κ2) is 7.09. The van der Waals surface area contributed by atoms with Crippen molar-refractivity contribution in [3.8, 4) is 0 Å². The number of hydrogen-bond donors (Lipinski definition) is 1. The molecule has 0 bridgehead atoms. The number of aryl methyl sites for hydroxylation is 1. The molecule has 0 aliphatic carbocycles. The molecule has 23 heavy (non-hydrogen) atoms. The Labute approximate surface area is 141 Å². The van der Waals surface area contributed by atoms with Gasteiger partial charge in [0.05, 0.1) is 6.54 Å². The van der Waals surface area contributed by atoms with E-state index >= 15 is 0 Å². The van der Waals surface area contributed by atoms with E-state index in [9.17, 15) is 5.11 Å². The number of aromatic nitrogens is 3. The van der Waals surface area contributed by atoms with Gasteiger partial charge in [-0.1, -0.05) is 6.92 Å². The normalized spacial score (nSPS) is 16.7. The molecule has 1 atom stereocenters. The molecule has 3 rings (SSSR count). The third-order valence-electron chi connectivity index (χ3n) is 4.26. The predicted molar refractivity (Wildman–Crippen MR) is 91.1 cm³/mol. The van der Waals surface area contributed by atoms with E-state index in [1.165, 1.54) is 11.3 Å². The number of rotatable bonds is 6. The molecule has 0 saturated carbocycles. The van der Waals surface area contributed by atoms with Gasteiger partial charge in [0, 0.05) is 48.9 Å². The average Bonchev–Trinajstić information content (AvgIpc) is 3.15. The van der Waals surface area contributed by atoms with Gasteiger partial charge in [-0.2, -0.15) is 5.10 Å². The van der Waals surface area contributed by atoms with Gasteiger partial charge in [-0.3, -0.25) is 14.5 Å². The minimum absolute atomic E-state index is 0.651. The molecule has 3 heterocycles. The summed E-state index contributed by atoms with van der Waals surface area (Å²) in [5, 5.41) is 18.4. The van der Waals surface area contributed by atoms with E-state index in [0.29, 0.717) is 0 Å². The third kappa shape index (κ3) is 3.47. The third-order valence-corrected chi connectivity index (χ3v) is 5.02. The highest BCUT2D eigenvalue weighted by Gasteiger charge is 2.28. The maximum absolute atomic E-state index is 10.5. The van der Waals surface area contributed by atoms with E-state index < -0.39 is 6.23 Å². The van der Waals surface area contributed by atoms with E-state index in [2.05, 4.69) is 21.5 Å². The lowest BCUT2D eigenvalue weighted by Crippen LogP contribution is -2.31. The van der Waals surface area contributed by atoms with E-state index in [-0.39, 0.29) is 0 Å². The molecule has 2 aromatic rings. The van der Waals surface area contributed by atoms with Crippen molar-refractivity contribution >= 4 is 11.3 Å². The molecule has 1 aliphatic rings. The highest BCUT2D eigenvalue weighted by molar-refractivity contribution is 7.09. The maximum Gasteiger partial charge on any atom is 0.152 e. The molecular formula is C16H25N5OS. The number of thiazole rings is 1. The molecule has 1 unspecified atom stereocenters. The Morgan fingerprint density at radius 2 is 2.26 bits per heavy atom. The lowest BCUT2D eigenvalue weighted by atomic mass is 10.0. The first-order chi connectivity index (χ1) is 11.1. The van der Waals surface area contributed by atoms with Gasteiger partial charge in [0.15, 0.2) is 6.23 Å². The summed E-state index contributed by atoms with van der Waals surface area (Å²) in [5.74, 6) is 0. The summed E-state index contributed by atoms with van der Waals surface area (Å²) >= 11 is 1.70. The predicted octanol–water partition coefficient (Wildman–Crippen LogP) is 1.86. The van der Waals surface area contributed by atoms with Crippen LogP contribution in [0.1, 0.15) is 41.5 Å². The van der Waals surface area contributed by atoms with Crippen LogP contribution in [0.4, 0.5) is 0 Å². The molecule has 0 saturated heterocycles. The van der Waals surface area contributed by atoms with Crippen LogP contribution in [-0.4, -0.2) is 50.3 Å². The molecule has 1 aliphatic heterocycles. The van der Waals surface area contributed by atoms with Crippen LogP contribution in [0.2, 0.25) is 0 Å². The quantitative estimate of drug-likeness (QED) is 0.817. The summed E-state index contributed by atoms with van der Waals surface area (Å²) in [5.41, 5.74) is 3.29. The first-order valence-corrected chi connectivity index (χ1v) is 9.01. The molecule has 1 N–H and O–H groups in total. The highest BCUT2D eigenvalue weighted by atomic mass is 32.1. The number of aliphatic hydroxyl groups excluding tert-OH is 1. The Balaban J connectivity index is 1.86. The van der Waals surface area contributed by atoms with E-state index in [0.717, 1.165) is 49.7 Å². The van der Waals surface area contributed by atoms with Gasteiger partial charge in [-0.05, 0) is 20.5 Å². The monoisotopic (exact) mass is 335 g/mol. The standard InChI is InChI=1S/C16H25N5OS/c1-4-7-21-13-5-8-20(11-14-17-6-9-23-14)10-12(13)15(18-21)16(22)19(2)3/h6,9,16,22H,4-5,7-8,10-11H2,1-3H3. The van der Waals surface area contributed by atoms with Crippen molar-refractivity contribution in [2.75, 3.05) is 20.6 Å². The van der Waals surface area contributed by atoms with Gasteiger partial charge in [0.2, 0.25) is 0 Å². The van der Waals surface area contributed by atoms with Crippen molar-refractivity contribution in [3.63, 3.8) is 0 Å². The Morgan fingerprint density at radius 1 is 1.43 bits per heavy atom. The topological polar surface area (TPSA) is 57.4 Å². The Morgan fingerprint density at radius 3 is 2.91 bits per heavy atom. The van der Waals surface area contributed by atoms with E-state index in [4.69, 9.17) is 5.10 Å². The molecule has 0 aromatic carbocycles. The molecular weight excluding hydrogens is 310 g/mol. The molecule has 0 amide bonds. The Kier molecular flexibility index (Phi) is 5.11. The average molecular weight is 335 g/mol. The summed E-state index contributed by atoms with van der Waals surface area (Å²) in [4.78, 5) is 8.58. The zero-order valence-electron chi connectivity index (χ0n) is 14.1. The van der Waals surface area contributed by atoms with Gasteiger partial charge in [0.25, 0.3) is 0 Å². The fraction of sp³-hybridized carbons (Fsp3) is 0.625. The van der Waals surface area contributed by atoms with Crippen LogP contribution in [0.5, 0.6) is 0 Å².